The number of allylic oxidation sites excluding steroid dienone is 1. The number of aromatic nitrogens is 2. The fourth-order valence-corrected chi connectivity index (χ4v) is 5.77. The van der Waals surface area contributed by atoms with Crippen LogP contribution in [-0.2, 0) is 11.3 Å². The van der Waals surface area contributed by atoms with Crippen molar-refractivity contribution in [1.29, 1.82) is 0 Å². The third-order valence-electron chi connectivity index (χ3n) is 5.37. The molecule has 2 aromatic heterocycles. The second-order valence-electron chi connectivity index (χ2n) is 7.28. The number of carbonyl (C=O) groups is 1. The van der Waals surface area contributed by atoms with Gasteiger partial charge in [-0.2, -0.15) is 0 Å². The summed E-state index contributed by atoms with van der Waals surface area (Å²) in [6.45, 7) is 12.4. The number of hydrogen-bond acceptors (Lipinski definition) is 5. The van der Waals surface area contributed by atoms with Crippen LogP contribution in [0, 0.1) is 13.8 Å². The minimum absolute atomic E-state index is 0.0450. The van der Waals surface area contributed by atoms with Crippen molar-refractivity contribution in [3.8, 4) is 0 Å². The molecule has 0 unspecified atom stereocenters. The van der Waals surface area contributed by atoms with Crippen molar-refractivity contribution < 1.29 is 4.79 Å². The third-order valence-corrected chi connectivity index (χ3v) is 7.43. The van der Waals surface area contributed by atoms with Crippen LogP contribution in [0.5, 0.6) is 0 Å². The molecule has 27 heavy (non-hydrogen) atoms. The van der Waals surface area contributed by atoms with Crippen molar-refractivity contribution in [2.45, 2.75) is 70.7 Å². The number of piperidine rings is 1. The summed E-state index contributed by atoms with van der Waals surface area (Å²) in [6.07, 6.45) is 4.98. The molecule has 1 saturated heterocycles. The van der Waals surface area contributed by atoms with Crippen LogP contribution in [0.2, 0.25) is 0 Å². The second kappa shape index (κ2) is 8.19. The van der Waals surface area contributed by atoms with Crippen LogP contribution in [-0.4, -0.2) is 38.2 Å². The average molecular weight is 406 g/mol. The highest BCUT2D eigenvalue weighted by Crippen LogP contribution is 2.29. The van der Waals surface area contributed by atoms with Gasteiger partial charge in [-0.1, -0.05) is 17.8 Å². The smallest absolute Gasteiger partial charge is 0.263 e. The summed E-state index contributed by atoms with van der Waals surface area (Å²) < 4.78 is 1.63. The Morgan fingerprint density at radius 2 is 2.00 bits per heavy atom. The normalized spacial score (nSPS) is 20.2. The lowest BCUT2D eigenvalue weighted by atomic mass is 9.98. The summed E-state index contributed by atoms with van der Waals surface area (Å²) in [7, 11) is 0. The van der Waals surface area contributed by atoms with Crippen molar-refractivity contribution in [1.82, 2.24) is 14.5 Å². The monoisotopic (exact) mass is 405 g/mol. The maximum atomic E-state index is 13.0. The van der Waals surface area contributed by atoms with E-state index in [4.69, 9.17) is 4.98 Å². The quantitative estimate of drug-likeness (QED) is 0.426. The number of amides is 1. The highest BCUT2D eigenvalue weighted by atomic mass is 32.2. The summed E-state index contributed by atoms with van der Waals surface area (Å²) in [4.78, 5) is 34.4. The SMILES string of the molecule is C=CCn1c(SCC(=O)N2[C@H](C)CCC[C@H]2C)nc2sc(C)c(C)c2c1=O. The molecule has 0 bridgehead atoms. The highest BCUT2D eigenvalue weighted by molar-refractivity contribution is 7.99. The zero-order chi connectivity index (χ0) is 19.7. The van der Waals surface area contributed by atoms with Crippen molar-refractivity contribution in [3.05, 3.63) is 33.4 Å². The molecule has 2 atom stereocenters. The Balaban J connectivity index is 1.90. The van der Waals surface area contributed by atoms with E-state index in [-0.39, 0.29) is 23.6 Å². The molecule has 2 aromatic rings. The van der Waals surface area contributed by atoms with Crippen LogP contribution in [0.1, 0.15) is 43.6 Å². The molecule has 146 valence electrons. The average Bonchev–Trinajstić information content (AvgIpc) is 2.90. The zero-order valence-corrected chi connectivity index (χ0v) is 18.1. The van der Waals surface area contributed by atoms with E-state index in [1.54, 1.807) is 10.6 Å². The van der Waals surface area contributed by atoms with Gasteiger partial charge in [-0.3, -0.25) is 14.2 Å². The van der Waals surface area contributed by atoms with E-state index < -0.39 is 0 Å². The fraction of sp³-hybridized carbons (Fsp3) is 0.550. The topological polar surface area (TPSA) is 55.2 Å². The van der Waals surface area contributed by atoms with Crippen LogP contribution in [0.4, 0.5) is 0 Å². The van der Waals surface area contributed by atoms with Gasteiger partial charge in [-0.15, -0.1) is 17.9 Å². The standard InChI is InChI=1S/C20H27N3O2S2/c1-6-10-22-19(25)17-14(4)15(5)27-18(17)21-20(22)26-11-16(24)23-12(2)8-7-9-13(23)3/h6,12-13H,1,7-11H2,2-5H3/t12-,13-/m1/s1. The number of aryl methyl sites for hydroxylation is 2. The van der Waals surface area contributed by atoms with E-state index in [1.165, 1.54) is 29.5 Å². The second-order valence-corrected chi connectivity index (χ2v) is 9.43. The zero-order valence-electron chi connectivity index (χ0n) is 16.4. The van der Waals surface area contributed by atoms with E-state index in [1.807, 2.05) is 18.7 Å². The van der Waals surface area contributed by atoms with Crippen molar-refractivity contribution in [2.24, 2.45) is 0 Å². The minimum Gasteiger partial charge on any atom is -0.337 e. The minimum atomic E-state index is -0.0450. The molecular weight excluding hydrogens is 378 g/mol. The lowest BCUT2D eigenvalue weighted by Crippen LogP contribution is -2.48. The molecule has 0 saturated carbocycles. The molecule has 7 heteroatoms. The Morgan fingerprint density at radius 1 is 1.33 bits per heavy atom. The summed E-state index contributed by atoms with van der Waals surface area (Å²) in [5, 5.41) is 1.28. The molecule has 1 amide bonds. The number of hydrogen-bond donors (Lipinski definition) is 0. The van der Waals surface area contributed by atoms with E-state index in [0.717, 1.165) is 28.1 Å². The molecule has 1 aliphatic heterocycles. The van der Waals surface area contributed by atoms with E-state index in [9.17, 15) is 9.59 Å². The Morgan fingerprint density at radius 3 is 2.63 bits per heavy atom. The third kappa shape index (κ3) is 3.85. The predicted octanol–water partition coefficient (Wildman–Crippen LogP) is 4.14. The number of likely N-dealkylation sites (tertiary alicyclic amines) is 1. The first-order valence-electron chi connectivity index (χ1n) is 9.40. The molecule has 0 aliphatic carbocycles. The van der Waals surface area contributed by atoms with E-state index in [2.05, 4.69) is 20.4 Å². The first-order chi connectivity index (χ1) is 12.8. The summed E-state index contributed by atoms with van der Waals surface area (Å²) >= 11 is 2.89. The molecule has 1 aliphatic rings. The predicted molar refractivity (Wildman–Crippen MR) is 114 cm³/mol. The van der Waals surface area contributed by atoms with Gasteiger partial charge in [0.1, 0.15) is 4.83 Å². The lowest BCUT2D eigenvalue weighted by molar-refractivity contribution is -0.134. The molecule has 3 rings (SSSR count). The van der Waals surface area contributed by atoms with Gasteiger partial charge in [0.05, 0.1) is 11.1 Å². The Bertz CT molecular complexity index is 921. The number of fused-ring (bicyclic) bond motifs is 1. The van der Waals surface area contributed by atoms with E-state index >= 15 is 0 Å². The number of rotatable bonds is 5. The number of thiophene rings is 1. The molecule has 0 radical (unpaired) electrons. The molecule has 0 N–H and O–H groups in total. The Kier molecular flexibility index (Phi) is 6.11. The first-order valence-corrected chi connectivity index (χ1v) is 11.2. The van der Waals surface area contributed by atoms with Crippen LogP contribution in [0.15, 0.2) is 22.6 Å². The molecular formula is C20H27N3O2S2. The molecule has 0 spiro atoms. The van der Waals surface area contributed by atoms with Crippen LogP contribution >= 0.6 is 23.1 Å². The maximum absolute atomic E-state index is 13.0. The van der Waals surface area contributed by atoms with Gasteiger partial charge < -0.3 is 4.90 Å². The molecule has 1 fully saturated rings. The van der Waals surface area contributed by atoms with Crippen LogP contribution in [0.3, 0.4) is 0 Å². The fourth-order valence-electron chi connectivity index (χ4n) is 3.82. The van der Waals surface area contributed by atoms with Gasteiger partial charge >= 0.3 is 0 Å². The highest BCUT2D eigenvalue weighted by Gasteiger charge is 2.29. The number of carbonyl (C=O) groups excluding carboxylic acids is 1. The lowest BCUT2D eigenvalue weighted by Gasteiger charge is -2.39. The van der Waals surface area contributed by atoms with Gasteiger partial charge in [-0.25, -0.2) is 4.98 Å². The van der Waals surface area contributed by atoms with Crippen molar-refractivity contribution in [3.63, 3.8) is 0 Å². The molecule has 0 aromatic carbocycles. The maximum Gasteiger partial charge on any atom is 0.263 e. The summed E-state index contributed by atoms with van der Waals surface area (Å²) in [6, 6.07) is 0.547. The Hall–Kier alpha value is -1.60. The number of nitrogens with zero attached hydrogens (tertiary/aromatic N) is 3. The van der Waals surface area contributed by atoms with Gasteiger partial charge in [0, 0.05) is 23.5 Å². The molecule has 5 nitrogen and oxygen atoms in total. The number of thioether (sulfide) groups is 1. The van der Waals surface area contributed by atoms with Crippen molar-refractivity contribution in [2.75, 3.05) is 5.75 Å². The van der Waals surface area contributed by atoms with Gasteiger partial charge in [0.2, 0.25) is 5.91 Å². The van der Waals surface area contributed by atoms with Gasteiger partial charge in [0.15, 0.2) is 5.16 Å². The summed E-state index contributed by atoms with van der Waals surface area (Å²) in [5.74, 6) is 0.422. The van der Waals surface area contributed by atoms with Crippen LogP contribution < -0.4 is 5.56 Å². The first kappa shape index (κ1) is 20.1. The van der Waals surface area contributed by atoms with Crippen molar-refractivity contribution >= 4 is 39.2 Å². The largest absolute Gasteiger partial charge is 0.337 e. The Labute approximate surface area is 168 Å². The van der Waals surface area contributed by atoms with Crippen LogP contribution in [0.25, 0.3) is 10.2 Å². The van der Waals surface area contributed by atoms with E-state index in [0.29, 0.717) is 22.8 Å². The van der Waals surface area contributed by atoms with Gasteiger partial charge in [-0.05, 0) is 52.5 Å². The summed E-state index contributed by atoms with van der Waals surface area (Å²) in [5.41, 5.74) is 0.949. The molecule has 3 heterocycles. The van der Waals surface area contributed by atoms with Gasteiger partial charge in [0.25, 0.3) is 5.56 Å².